The molecule has 6 nitrogen and oxygen atoms in total. The summed E-state index contributed by atoms with van der Waals surface area (Å²) in [7, 11) is 0. The lowest BCUT2D eigenvalue weighted by molar-refractivity contribution is 0.908. The summed E-state index contributed by atoms with van der Waals surface area (Å²) in [6, 6.07) is 61.9. The van der Waals surface area contributed by atoms with Crippen LogP contribution in [0.25, 0.3) is 94.4 Å². The molecular formula is C47H30N6. The largest absolute Gasteiger partial charge is 0.309 e. The van der Waals surface area contributed by atoms with E-state index in [2.05, 4.69) is 149 Å². The summed E-state index contributed by atoms with van der Waals surface area (Å²) < 4.78 is 6.49. The summed E-state index contributed by atoms with van der Waals surface area (Å²) in [5.41, 5.74) is 12.4. The highest BCUT2D eigenvalue weighted by molar-refractivity contribution is 6.12. The normalized spacial score (nSPS) is 11.8. The molecule has 0 aliphatic carbocycles. The van der Waals surface area contributed by atoms with Crippen LogP contribution in [0, 0.1) is 0 Å². The zero-order chi connectivity index (χ0) is 34.9. The molecule has 11 rings (SSSR count). The molecule has 0 amide bonds. The molecule has 0 atom stereocenters. The van der Waals surface area contributed by atoms with Crippen LogP contribution in [0.3, 0.4) is 0 Å². The predicted molar refractivity (Wildman–Crippen MR) is 216 cm³/mol. The highest BCUT2D eigenvalue weighted by Crippen LogP contribution is 2.39. The highest BCUT2D eigenvalue weighted by Gasteiger charge is 2.21. The third-order valence-electron chi connectivity index (χ3n) is 10.3. The Labute approximate surface area is 304 Å². The van der Waals surface area contributed by atoms with Crippen molar-refractivity contribution in [2.45, 2.75) is 0 Å². The second-order valence-electron chi connectivity index (χ2n) is 13.4. The summed E-state index contributed by atoms with van der Waals surface area (Å²) in [4.78, 5) is 10.5. The number of hydrogen-bond acceptors (Lipinski definition) is 3. The molecule has 0 bridgehead atoms. The minimum atomic E-state index is 0.609. The van der Waals surface area contributed by atoms with Crippen molar-refractivity contribution in [2.75, 3.05) is 0 Å². The van der Waals surface area contributed by atoms with E-state index >= 15 is 0 Å². The van der Waals surface area contributed by atoms with Crippen LogP contribution in [0.15, 0.2) is 182 Å². The first-order valence-corrected chi connectivity index (χ1v) is 17.8. The Bertz CT molecular complexity index is 3160. The van der Waals surface area contributed by atoms with Gasteiger partial charge in [0.1, 0.15) is 16.7 Å². The SMILES string of the molecule is c1ccc(-c2nc(-n3c4ccccc4c4cc(-c5ccc6c(c5)c5ccccc5n6-c5ccccc5)ccc43)nc3cnn(-c4ccccc4)c23)cc1. The molecule has 0 radical (unpaired) electrons. The van der Waals surface area contributed by atoms with E-state index in [1.165, 1.54) is 27.4 Å². The van der Waals surface area contributed by atoms with Crippen molar-refractivity contribution in [1.82, 2.24) is 28.9 Å². The molecule has 0 unspecified atom stereocenters. The molecular weight excluding hydrogens is 649 g/mol. The average Bonchev–Trinajstić information content (AvgIpc) is 3.91. The second-order valence-corrected chi connectivity index (χ2v) is 13.4. The number of hydrogen-bond donors (Lipinski definition) is 0. The fourth-order valence-corrected chi connectivity index (χ4v) is 7.97. The Morgan fingerprint density at radius 1 is 0.377 bits per heavy atom. The fourth-order valence-electron chi connectivity index (χ4n) is 7.97. The third kappa shape index (κ3) is 4.56. The Hall–Kier alpha value is -7.31. The molecule has 0 saturated carbocycles. The van der Waals surface area contributed by atoms with Gasteiger partial charge in [0, 0.05) is 32.8 Å². The van der Waals surface area contributed by atoms with Crippen molar-refractivity contribution in [1.29, 1.82) is 0 Å². The van der Waals surface area contributed by atoms with Crippen LogP contribution in [0.2, 0.25) is 0 Å². The van der Waals surface area contributed by atoms with Gasteiger partial charge in [-0.1, -0.05) is 115 Å². The number of benzene rings is 7. The van der Waals surface area contributed by atoms with Gasteiger partial charge < -0.3 is 4.57 Å². The van der Waals surface area contributed by atoms with Gasteiger partial charge in [-0.3, -0.25) is 4.57 Å². The van der Waals surface area contributed by atoms with E-state index in [0.29, 0.717) is 5.95 Å². The van der Waals surface area contributed by atoms with Crippen LogP contribution in [0.4, 0.5) is 0 Å². The van der Waals surface area contributed by atoms with E-state index in [-0.39, 0.29) is 0 Å². The van der Waals surface area contributed by atoms with Crippen LogP contribution < -0.4 is 0 Å². The molecule has 0 saturated heterocycles. The van der Waals surface area contributed by atoms with Crippen molar-refractivity contribution in [3.8, 4) is 39.7 Å². The number of fused-ring (bicyclic) bond motifs is 7. The van der Waals surface area contributed by atoms with Gasteiger partial charge in [-0.2, -0.15) is 5.10 Å². The highest BCUT2D eigenvalue weighted by atomic mass is 15.3. The van der Waals surface area contributed by atoms with Crippen LogP contribution in [0.5, 0.6) is 0 Å². The Morgan fingerprint density at radius 2 is 0.887 bits per heavy atom. The van der Waals surface area contributed by atoms with E-state index in [0.717, 1.165) is 61.0 Å². The van der Waals surface area contributed by atoms with Gasteiger partial charge in [0.15, 0.2) is 0 Å². The Morgan fingerprint density at radius 3 is 1.53 bits per heavy atom. The van der Waals surface area contributed by atoms with Crippen molar-refractivity contribution in [3.63, 3.8) is 0 Å². The van der Waals surface area contributed by atoms with Crippen molar-refractivity contribution < 1.29 is 0 Å². The zero-order valence-corrected chi connectivity index (χ0v) is 28.5. The van der Waals surface area contributed by atoms with Crippen molar-refractivity contribution >= 4 is 54.6 Å². The lowest BCUT2D eigenvalue weighted by atomic mass is 10.0. The van der Waals surface area contributed by atoms with Crippen LogP contribution >= 0.6 is 0 Å². The van der Waals surface area contributed by atoms with Gasteiger partial charge in [-0.05, 0) is 71.8 Å². The van der Waals surface area contributed by atoms with E-state index in [1.807, 2.05) is 47.3 Å². The molecule has 0 spiro atoms. The molecule has 4 heterocycles. The second kappa shape index (κ2) is 11.6. The number of rotatable bonds is 5. The molecule has 53 heavy (non-hydrogen) atoms. The van der Waals surface area contributed by atoms with E-state index in [9.17, 15) is 0 Å². The smallest absolute Gasteiger partial charge is 0.235 e. The number of para-hydroxylation sites is 4. The van der Waals surface area contributed by atoms with E-state index in [1.54, 1.807) is 0 Å². The molecule has 7 aromatic carbocycles. The van der Waals surface area contributed by atoms with E-state index < -0.39 is 0 Å². The molecule has 6 heteroatoms. The zero-order valence-electron chi connectivity index (χ0n) is 28.5. The van der Waals surface area contributed by atoms with Crippen LogP contribution in [-0.4, -0.2) is 28.9 Å². The molecule has 248 valence electrons. The maximum atomic E-state index is 5.33. The van der Waals surface area contributed by atoms with Crippen LogP contribution in [0.1, 0.15) is 0 Å². The van der Waals surface area contributed by atoms with Gasteiger partial charge in [0.05, 0.1) is 34.0 Å². The van der Waals surface area contributed by atoms with Gasteiger partial charge in [0.2, 0.25) is 5.95 Å². The maximum absolute atomic E-state index is 5.33. The van der Waals surface area contributed by atoms with E-state index in [4.69, 9.17) is 15.1 Å². The molecule has 0 aliphatic rings. The molecule has 11 aromatic rings. The number of nitrogens with zero attached hydrogens (tertiary/aromatic N) is 6. The lowest BCUT2D eigenvalue weighted by Crippen LogP contribution is -2.05. The summed E-state index contributed by atoms with van der Waals surface area (Å²) in [6.45, 7) is 0. The first-order valence-electron chi connectivity index (χ1n) is 17.8. The standard InChI is InChI=1S/C47H30N6/c1-4-14-31(15-5-1)45-46-40(30-48-53(46)35-18-8-3-9-19-35)49-47(50-45)52-42-23-13-11-21-37(42)39-29-33(25-27-44(39)52)32-24-26-43-38(28-32)36-20-10-12-22-41(36)51(43)34-16-6-2-7-17-34/h1-30H. The summed E-state index contributed by atoms with van der Waals surface area (Å²) in [5, 5.41) is 9.57. The quantitative estimate of drug-likeness (QED) is 0.182. The average molecular weight is 679 g/mol. The molecule has 4 aromatic heterocycles. The molecule has 0 aliphatic heterocycles. The van der Waals surface area contributed by atoms with Gasteiger partial charge in [-0.15, -0.1) is 0 Å². The summed E-state index contributed by atoms with van der Waals surface area (Å²) in [6.07, 6.45) is 1.84. The predicted octanol–water partition coefficient (Wildman–Crippen LogP) is 11.3. The van der Waals surface area contributed by atoms with Crippen molar-refractivity contribution in [2.24, 2.45) is 0 Å². The topological polar surface area (TPSA) is 53.5 Å². The first-order chi connectivity index (χ1) is 26.3. The van der Waals surface area contributed by atoms with Gasteiger partial charge in [0.25, 0.3) is 0 Å². The van der Waals surface area contributed by atoms with Gasteiger partial charge in [-0.25, -0.2) is 14.6 Å². The minimum absolute atomic E-state index is 0.609. The summed E-state index contributed by atoms with van der Waals surface area (Å²) >= 11 is 0. The fraction of sp³-hybridized carbons (Fsp3) is 0. The summed E-state index contributed by atoms with van der Waals surface area (Å²) in [5.74, 6) is 0.609. The monoisotopic (exact) mass is 678 g/mol. The minimum Gasteiger partial charge on any atom is -0.309 e. The Balaban J connectivity index is 1.11. The number of aromatic nitrogens is 6. The third-order valence-corrected chi connectivity index (χ3v) is 10.3. The lowest BCUT2D eigenvalue weighted by Gasteiger charge is -2.12. The van der Waals surface area contributed by atoms with Gasteiger partial charge >= 0.3 is 0 Å². The molecule has 0 N–H and O–H groups in total. The van der Waals surface area contributed by atoms with Crippen molar-refractivity contribution in [3.05, 3.63) is 182 Å². The van der Waals surface area contributed by atoms with Crippen LogP contribution in [-0.2, 0) is 0 Å². The maximum Gasteiger partial charge on any atom is 0.235 e. The molecule has 0 fully saturated rings. The Kier molecular flexibility index (Phi) is 6.45. The first kappa shape index (κ1) is 29.4.